The van der Waals surface area contributed by atoms with Crippen molar-refractivity contribution in [1.29, 1.82) is 0 Å². The van der Waals surface area contributed by atoms with Crippen molar-refractivity contribution < 1.29 is 9.53 Å². The Labute approximate surface area is 140 Å². The number of benzene rings is 2. The summed E-state index contributed by atoms with van der Waals surface area (Å²) in [7, 11) is 0. The van der Waals surface area contributed by atoms with E-state index in [0.717, 1.165) is 11.3 Å². The maximum absolute atomic E-state index is 12.4. The molecule has 24 heavy (non-hydrogen) atoms. The summed E-state index contributed by atoms with van der Waals surface area (Å²) >= 11 is 0. The highest BCUT2D eigenvalue weighted by molar-refractivity contribution is 5.96. The molecule has 0 atom stereocenters. The van der Waals surface area contributed by atoms with Crippen molar-refractivity contribution in [1.82, 2.24) is 15.1 Å². The van der Waals surface area contributed by atoms with E-state index in [0.29, 0.717) is 24.5 Å². The van der Waals surface area contributed by atoms with Gasteiger partial charge in [-0.2, -0.15) is 5.10 Å². The smallest absolute Gasteiger partial charge is 0.255 e. The molecule has 0 bridgehead atoms. The van der Waals surface area contributed by atoms with Crippen LogP contribution in [0.25, 0.3) is 5.69 Å². The molecule has 1 N–H and O–H groups in total. The third-order valence-electron chi connectivity index (χ3n) is 3.59. The summed E-state index contributed by atoms with van der Waals surface area (Å²) in [5.74, 6) is 0.460. The van der Waals surface area contributed by atoms with Crippen LogP contribution in [-0.2, 0) is 6.54 Å². The Balaban J connectivity index is 1.64. The first kappa shape index (κ1) is 15.8. The lowest BCUT2D eigenvalue weighted by Gasteiger charge is -2.10. The number of nitrogens with zero attached hydrogens (tertiary/aromatic N) is 2. The van der Waals surface area contributed by atoms with Crippen molar-refractivity contribution in [3.8, 4) is 11.4 Å². The molecule has 0 fully saturated rings. The highest BCUT2D eigenvalue weighted by Crippen LogP contribution is 2.18. The van der Waals surface area contributed by atoms with Gasteiger partial charge in [0.15, 0.2) is 0 Å². The molecule has 0 spiro atoms. The highest BCUT2D eigenvalue weighted by Gasteiger charge is 2.11. The van der Waals surface area contributed by atoms with E-state index in [1.165, 1.54) is 0 Å². The Morgan fingerprint density at radius 3 is 2.62 bits per heavy atom. The summed E-state index contributed by atoms with van der Waals surface area (Å²) < 4.78 is 7.29. The van der Waals surface area contributed by atoms with Crippen LogP contribution in [0.1, 0.15) is 22.8 Å². The number of rotatable bonds is 6. The molecular formula is C19H19N3O2. The molecule has 0 unspecified atom stereocenters. The van der Waals surface area contributed by atoms with E-state index in [1.807, 2.05) is 55.6 Å². The van der Waals surface area contributed by atoms with E-state index in [1.54, 1.807) is 23.0 Å². The minimum Gasteiger partial charge on any atom is -0.493 e. The fourth-order valence-electron chi connectivity index (χ4n) is 2.40. The van der Waals surface area contributed by atoms with E-state index in [4.69, 9.17) is 4.74 Å². The van der Waals surface area contributed by atoms with Gasteiger partial charge in [0, 0.05) is 18.9 Å². The van der Waals surface area contributed by atoms with Gasteiger partial charge in [0.25, 0.3) is 5.91 Å². The molecule has 0 saturated heterocycles. The molecule has 1 amide bonds. The average Bonchev–Trinajstić information content (AvgIpc) is 3.15. The third-order valence-corrected chi connectivity index (χ3v) is 3.59. The van der Waals surface area contributed by atoms with Crippen LogP contribution in [0.15, 0.2) is 67.0 Å². The molecule has 0 radical (unpaired) electrons. The number of nitrogens with one attached hydrogen (secondary N) is 1. The van der Waals surface area contributed by atoms with E-state index in [9.17, 15) is 4.79 Å². The summed E-state index contributed by atoms with van der Waals surface area (Å²) in [6.45, 7) is 2.88. The van der Waals surface area contributed by atoms with Gasteiger partial charge in [-0.15, -0.1) is 0 Å². The van der Waals surface area contributed by atoms with E-state index in [2.05, 4.69) is 10.4 Å². The zero-order valence-corrected chi connectivity index (χ0v) is 13.5. The van der Waals surface area contributed by atoms with Gasteiger partial charge >= 0.3 is 0 Å². The van der Waals surface area contributed by atoms with Crippen LogP contribution in [0.4, 0.5) is 0 Å². The molecule has 1 heterocycles. The molecule has 3 aromatic rings. The quantitative estimate of drug-likeness (QED) is 0.758. The number of hydrogen-bond acceptors (Lipinski definition) is 3. The predicted molar refractivity (Wildman–Crippen MR) is 92.3 cm³/mol. The van der Waals surface area contributed by atoms with Crippen LogP contribution in [-0.4, -0.2) is 22.3 Å². The van der Waals surface area contributed by atoms with E-state index in [-0.39, 0.29) is 5.91 Å². The van der Waals surface area contributed by atoms with Gasteiger partial charge in [-0.1, -0.05) is 24.3 Å². The van der Waals surface area contributed by atoms with Crippen LogP contribution < -0.4 is 10.1 Å². The van der Waals surface area contributed by atoms with Crippen LogP contribution >= 0.6 is 0 Å². The standard InChI is InChI=1S/C19H19N3O2/c1-2-24-18-7-4-3-6-17(18)19(23)20-14-15-8-10-16(11-9-15)22-13-5-12-21-22/h3-13H,2,14H2,1H3,(H,20,23). The summed E-state index contributed by atoms with van der Waals surface area (Å²) in [6.07, 6.45) is 3.63. The third kappa shape index (κ3) is 3.63. The Hall–Kier alpha value is -3.08. The highest BCUT2D eigenvalue weighted by atomic mass is 16.5. The average molecular weight is 321 g/mol. The Bertz CT molecular complexity index is 796. The Morgan fingerprint density at radius 2 is 1.92 bits per heavy atom. The molecule has 0 aliphatic heterocycles. The number of carbonyl (C=O) groups is 1. The topological polar surface area (TPSA) is 56.1 Å². The van der Waals surface area contributed by atoms with E-state index >= 15 is 0 Å². The van der Waals surface area contributed by atoms with Crippen molar-refractivity contribution in [3.05, 3.63) is 78.1 Å². The number of carbonyl (C=O) groups excluding carboxylic acids is 1. The maximum Gasteiger partial charge on any atom is 0.255 e. The van der Waals surface area contributed by atoms with Crippen molar-refractivity contribution >= 4 is 5.91 Å². The van der Waals surface area contributed by atoms with Gasteiger partial charge < -0.3 is 10.1 Å². The monoisotopic (exact) mass is 321 g/mol. The number of amides is 1. The van der Waals surface area contributed by atoms with E-state index < -0.39 is 0 Å². The molecule has 0 saturated carbocycles. The van der Waals surface area contributed by atoms with Crippen LogP contribution in [0.3, 0.4) is 0 Å². The number of ether oxygens (including phenoxy) is 1. The zero-order valence-electron chi connectivity index (χ0n) is 13.5. The molecule has 122 valence electrons. The minimum atomic E-state index is -0.143. The SMILES string of the molecule is CCOc1ccccc1C(=O)NCc1ccc(-n2cccn2)cc1. The Kier molecular flexibility index (Phi) is 4.91. The van der Waals surface area contributed by atoms with Crippen molar-refractivity contribution in [2.24, 2.45) is 0 Å². The minimum absolute atomic E-state index is 0.143. The van der Waals surface area contributed by atoms with Gasteiger partial charge in [0.05, 0.1) is 17.9 Å². The first-order valence-electron chi connectivity index (χ1n) is 7.87. The molecule has 5 heteroatoms. The number of para-hydroxylation sites is 1. The second-order valence-corrected chi connectivity index (χ2v) is 5.23. The first-order chi connectivity index (χ1) is 11.8. The summed E-state index contributed by atoms with van der Waals surface area (Å²) in [6, 6.07) is 17.0. The predicted octanol–water partition coefficient (Wildman–Crippen LogP) is 3.20. The zero-order chi connectivity index (χ0) is 16.8. The Morgan fingerprint density at radius 1 is 1.12 bits per heavy atom. The van der Waals surface area contributed by atoms with Crippen LogP contribution in [0.2, 0.25) is 0 Å². The molecule has 3 rings (SSSR count). The van der Waals surface area contributed by atoms with Gasteiger partial charge in [0.1, 0.15) is 5.75 Å². The second-order valence-electron chi connectivity index (χ2n) is 5.23. The van der Waals surface area contributed by atoms with Crippen LogP contribution in [0, 0.1) is 0 Å². The lowest BCUT2D eigenvalue weighted by Crippen LogP contribution is -2.23. The molecular weight excluding hydrogens is 302 g/mol. The lowest BCUT2D eigenvalue weighted by molar-refractivity contribution is 0.0947. The van der Waals surface area contributed by atoms with Gasteiger partial charge in [0.2, 0.25) is 0 Å². The van der Waals surface area contributed by atoms with Crippen molar-refractivity contribution in [3.63, 3.8) is 0 Å². The summed E-state index contributed by atoms with van der Waals surface area (Å²) in [5, 5.41) is 7.12. The molecule has 1 aromatic heterocycles. The first-order valence-corrected chi connectivity index (χ1v) is 7.87. The summed E-state index contributed by atoms with van der Waals surface area (Å²) in [5.41, 5.74) is 2.55. The molecule has 0 aliphatic rings. The summed E-state index contributed by atoms with van der Waals surface area (Å²) in [4.78, 5) is 12.4. The van der Waals surface area contributed by atoms with Crippen LogP contribution in [0.5, 0.6) is 5.75 Å². The largest absolute Gasteiger partial charge is 0.493 e. The van der Waals surface area contributed by atoms with Crippen molar-refractivity contribution in [2.75, 3.05) is 6.61 Å². The fraction of sp³-hybridized carbons (Fsp3) is 0.158. The lowest BCUT2D eigenvalue weighted by atomic mass is 10.1. The van der Waals surface area contributed by atoms with Gasteiger partial charge in [-0.3, -0.25) is 4.79 Å². The fourth-order valence-corrected chi connectivity index (χ4v) is 2.40. The number of aromatic nitrogens is 2. The number of hydrogen-bond donors (Lipinski definition) is 1. The second kappa shape index (κ2) is 7.46. The normalized spacial score (nSPS) is 10.4. The van der Waals surface area contributed by atoms with Crippen molar-refractivity contribution in [2.45, 2.75) is 13.5 Å². The van der Waals surface area contributed by atoms with Gasteiger partial charge in [-0.25, -0.2) is 4.68 Å². The molecule has 2 aromatic carbocycles. The van der Waals surface area contributed by atoms with Gasteiger partial charge in [-0.05, 0) is 42.8 Å². The maximum atomic E-state index is 12.4. The molecule has 5 nitrogen and oxygen atoms in total. The molecule has 0 aliphatic carbocycles.